The van der Waals surface area contributed by atoms with E-state index in [1.165, 1.54) is 11.1 Å². The highest BCUT2D eigenvalue weighted by atomic mass is 32.1. The van der Waals surface area contributed by atoms with Gasteiger partial charge in [-0.15, -0.1) is 11.3 Å². The number of carbonyl (C=O) groups excluding carboxylic acids is 2. The summed E-state index contributed by atoms with van der Waals surface area (Å²) in [6.45, 7) is 1.65. The smallest absolute Gasteiger partial charge is 0.348 e. The van der Waals surface area contributed by atoms with Gasteiger partial charge in [-0.3, -0.25) is 4.79 Å². The number of rotatable bonds is 6. The lowest BCUT2D eigenvalue weighted by Gasteiger charge is -2.07. The van der Waals surface area contributed by atoms with E-state index in [-0.39, 0.29) is 40.6 Å². The van der Waals surface area contributed by atoms with Crippen molar-refractivity contribution in [1.82, 2.24) is 0 Å². The van der Waals surface area contributed by atoms with Gasteiger partial charge in [-0.05, 0) is 49.4 Å². The van der Waals surface area contributed by atoms with Gasteiger partial charge in [-0.25, -0.2) is 4.79 Å². The van der Waals surface area contributed by atoms with Crippen LogP contribution in [-0.4, -0.2) is 18.5 Å². The summed E-state index contributed by atoms with van der Waals surface area (Å²) in [4.78, 5) is 24.8. The number of hydrogen-bond donors (Lipinski definition) is 1. The van der Waals surface area contributed by atoms with Crippen LogP contribution in [-0.2, 0) is 40.1 Å². The minimum absolute atomic E-state index is 0.0298. The third-order valence-corrected chi connectivity index (χ3v) is 6.23. The molecule has 8 heteroatoms. The second-order valence-corrected chi connectivity index (χ2v) is 8.10. The van der Waals surface area contributed by atoms with Crippen molar-refractivity contribution in [3.8, 4) is 6.07 Å². The van der Waals surface area contributed by atoms with Crippen LogP contribution >= 0.6 is 11.3 Å². The van der Waals surface area contributed by atoms with Crippen LogP contribution in [0.3, 0.4) is 0 Å². The minimum Gasteiger partial charge on any atom is -0.464 e. The highest BCUT2D eigenvalue weighted by molar-refractivity contribution is 7.18. The van der Waals surface area contributed by atoms with Crippen LogP contribution in [0.25, 0.3) is 11.0 Å². The Kier molecular flexibility index (Phi) is 5.46. The second kappa shape index (κ2) is 8.20. The van der Waals surface area contributed by atoms with Crippen molar-refractivity contribution in [3.05, 3.63) is 51.1 Å². The summed E-state index contributed by atoms with van der Waals surface area (Å²) in [5.41, 5.74) is 10.4. The van der Waals surface area contributed by atoms with E-state index in [4.69, 9.17) is 19.6 Å². The molecule has 30 heavy (non-hydrogen) atoms. The molecule has 0 spiro atoms. The summed E-state index contributed by atoms with van der Waals surface area (Å²) in [6, 6.07) is 6.11. The Morgan fingerprint density at radius 3 is 2.77 bits per heavy atom. The molecule has 1 aromatic carbocycles. The molecular formula is C22H20N2O5S. The maximum atomic E-state index is 12.5. The third kappa shape index (κ3) is 3.64. The maximum Gasteiger partial charge on any atom is 0.348 e. The molecule has 1 aliphatic rings. The van der Waals surface area contributed by atoms with Crippen molar-refractivity contribution in [2.75, 3.05) is 12.3 Å². The van der Waals surface area contributed by atoms with Crippen molar-refractivity contribution in [2.24, 2.45) is 0 Å². The van der Waals surface area contributed by atoms with E-state index in [1.54, 1.807) is 13.2 Å². The summed E-state index contributed by atoms with van der Waals surface area (Å²) >= 11 is 0.958. The molecule has 0 unspecified atom stereocenters. The van der Waals surface area contributed by atoms with E-state index in [2.05, 4.69) is 6.07 Å². The molecule has 7 nitrogen and oxygen atoms in total. The monoisotopic (exact) mass is 424 g/mol. The average Bonchev–Trinajstić information content (AvgIpc) is 3.42. The van der Waals surface area contributed by atoms with Gasteiger partial charge in [0.15, 0.2) is 0 Å². The van der Waals surface area contributed by atoms with E-state index in [1.807, 2.05) is 12.1 Å². The number of aryl methyl sites for hydroxylation is 2. The molecule has 0 saturated heterocycles. The van der Waals surface area contributed by atoms with Gasteiger partial charge in [-0.2, -0.15) is 5.26 Å². The zero-order valence-corrected chi connectivity index (χ0v) is 17.3. The maximum absolute atomic E-state index is 12.5. The average molecular weight is 424 g/mol. The first-order chi connectivity index (χ1) is 14.5. The Morgan fingerprint density at radius 1 is 1.27 bits per heavy atom. The Balaban J connectivity index is 1.50. The van der Waals surface area contributed by atoms with Crippen molar-refractivity contribution in [1.29, 1.82) is 5.26 Å². The van der Waals surface area contributed by atoms with E-state index in [0.29, 0.717) is 0 Å². The fraction of sp³-hybridized carbons (Fsp3) is 0.318. The van der Waals surface area contributed by atoms with Gasteiger partial charge >= 0.3 is 11.9 Å². The van der Waals surface area contributed by atoms with Gasteiger partial charge in [0.2, 0.25) is 0 Å². The molecule has 0 fully saturated rings. The Hall–Kier alpha value is -3.31. The summed E-state index contributed by atoms with van der Waals surface area (Å²) in [5, 5.41) is 10.5. The first kappa shape index (κ1) is 20.0. The molecule has 0 aliphatic heterocycles. The number of benzene rings is 1. The molecule has 4 rings (SSSR count). The van der Waals surface area contributed by atoms with Gasteiger partial charge in [0.05, 0.1) is 24.9 Å². The van der Waals surface area contributed by atoms with Crippen LogP contribution in [0.4, 0.5) is 5.00 Å². The predicted molar refractivity (Wildman–Crippen MR) is 111 cm³/mol. The zero-order chi connectivity index (χ0) is 21.3. The van der Waals surface area contributed by atoms with E-state index in [9.17, 15) is 14.9 Å². The number of nitrogens with zero attached hydrogens (tertiary/aromatic N) is 1. The number of nitrogens with two attached hydrogens (primary N) is 1. The molecule has 2 aromatic heterocycles. The molecule has 154 valence electrons. The number of esters is 2. The number of hydrogen-bond acceptors (Lipinski definition) is 8. The fourth-order valence-corrected chi connectivity index (χ4v) is 4.67. The largest absolute Gasteiger partial charge is 0.464 e. The number of anilines is 1. The van der Waals surface area contributed by atoms with Crippen LogP contribution in [0.5, 0.6) is 0 Å². The quantitative estimate of drug-likeness (QED) is 0.597. The molecule has 2 heterocycles. The number of carbonyl (C=O) groups is 2. The first-order valence-electron chi connectivity index (χ1n) is 9.67. The molecule has 0 atom stereocenters. The summed E-state index contributed by atoms with van der Waals surface area (Å²) in [7, 11) is 0. The number of fused-ring (bicyclic) bond motifs is 2. The highest BCUT2D eigenvalue weighted by Crippen LogP contribution is 2.33. The minimum atomic E-state index is -0.587. The Labute approximate surface area is 177 Å². The van der Waals surface area contributed by atoms with Crippen LogP contribution in [0.1, 0.15) is 50.8 Å². The molecule has 0 amide bonds. The molecule has 0 bridgehead atoms. The molecule has 0 saturated carbocycles. The molecular weight excluding hydrogens is 404 g/mol. The van der Waals surface area contributed by atoms with Gasteiger partial charge in [0.25, 0.3) is 0 Å². The third-order valence-electron chi connectivity index (χ3n) is 5.19. The summed E-state index contributed by atoms with van der Waals surface area (Å²) < 4.78 is 16.0. The SMILES string of the molecule is CCOC(=O)c1sc(N)c(C#N)c1COC(=O)Cc1coc2cc3c(cc12)CCC3. The lowest BCUT2D eigenvalue weighted by Crippen LogP contribution is -2.11. The van der Waals surface area contributed by atoms with Crippen LogP contribution in [0, 0.1) is 11.3 Å². The first-order valence-corrected chi connectivity index (χ1v) is 10.5. The van der Waals surface area contributed by atoms with Crippen molar-refractivity contribution < 1.29 is 23.5 Å². The summed E-state index contributed by atoms with van der Waals surface area (Å²) in [6.07, 6.45) is 4.83. The summed E-state index contributed by atoms with van der Waals surface area (Å²) in [5.74, 6) is -1.07. The van der Waals surface area contributed by atoms with Crippen molar-refractivity contribution in [2.45, 2.75) is 39.2 Å². The number of thiophene rings is 1. The van der Waals surface area contributed by atoms with Gasteiger partial charge in [-0.1, -0.05) is 0 Å². The topological polar surface area (TPSA) is 116 Å². The number of furan rings is 1. The fourth-order valence-electron chi connectivity index (χ4n) is 3.75. The Bertz CT molecular complexity index is 1180. The highest BCUT2D eigenvalue weighted by Gasteiger charge is 2.24. The molecule has 1 aliphatic carbocycles. The molecule has 3 aromatic rings. The van der Waals surface area contributed by atoms with Crippen LogP contribution in [0.2, 0.25) is 0 Å². The lowest BCUT2D eigenvalue weighted by atomic mass is 10.0. The van der Waals surface area contributed by atoms with E-state index in [0.717, 1.165) is 47.1 Å². The predicted octanol–water partition coefficient (Wildman–Crippen LogP) is 3.90. The van der Waals surface area contributed by atoms with Gasteiger partial charge < -0.3 is 19.6 Å². The molecule has 2 N–H and O–H groups in total. The Morgan fingerprint density at radius 2 is 2.03 bits per heavy atom. The standard InChI is InChI=1S/C22H20N2O5S/c1-2-27-22(26)20-17(16(9-23)21(24)30-20)11-29-19(25)8-14-10-28-18-7-13-5-3-4-12(13)6-15(14)18/h6-7,10H,2-5,8,11,24H2,1H3. The second-order valence-electron chi connectivity index (χ2n) is 7.05. The van der Waals surface area contributed by atoms with Crippen molar-refractivity contribution in [3.63, 3.8) is 0 Å². The molecule has 0 radical (unpaired) electrons. The number of ether oxygens (including phenoxy) is 2. The lowest BCUT2D eigenvalue weighted by molar-refractivity contribution is -0.144. The van der Waals surface area contributed by atoms with Crippen molar-refractivity contribution >= 4 is 39.2 Å². The van der Waals surface area contributed by atoms with E-state index >= 15 is 0 Å². The zero-order valence-electron chi connectivity index (χ0n) is 16.4. The van der Waals surface area contributed by atoms with E-state index < -0.39 is 11.9 Å². The van der Waals surface area contributed by atoms with Crippen LogP contribution in [0.15, 0.2) is 22.8 Å². The normalized spacial score (nSPS) is 12.5. The number of nitriles is 1. The number of nitrogen functional groups attached to an aromatic ring is 1. The van der Waals surface area contributed by atoms with Gasteiger partial charge in [0, 0.05) is 16.5 Å². The van der Waals surface area contributed by atoms with Crippen LogP contribution < -0.4 is 5.73 Å². The van der Waals surface area contributed by atoms with Gasteiger partial charge in [0.1, 0.15) is 28.1 Å².